The first-order valence-electron chi connectivity index (χ1n) is 7.65. The number of carbonyl (C=O) groups excluding carboxylic acids is 1. The van der Waals surface area contributed by atoms with Gasteiger partial charge < -0.3 is 9.80 Å². The van der Waals surface area contributed by atoms with E-state index in [2.05, 4.69) is 30.6 Å². The third-order valence-corrected chi connectivity index (χ3v) is 5.06. The molecule has 0 aromatic carbocycles. The van der Waals surface area contributed by atoms with Crippen molar-refractivity contribution >= 4 is 5.91 Å². The predicted molar refractivity (Wildman–Crippen MR) is 74.4 cm³/mol. The van der Waals surface area contributed by atoms with Crippen LogP contribution >= 0.6 is 0 Å². The molecule has 0 saturated carbocycles. The van der Waals surface area contributed by atoms with Crippen molar-refractivity contribution in [3.8, 4) is 0 Å². The maximum Gasteiger partial charge on any atom is 0.225 e. The highest BCUT2D eigenvalue weighted by atomic mass is 16.2. The summed E-state index contributed by atoms with van der Waals surface area (Å²) in [6, 6.07) is 0. The Morgan fingerprint density at radius 3 is 2.11 bits per heavy atom. The lowest BCUT2D eigenvalue weighted by molar-refractivity contribution is -0.151. The molecule has 104 valence electrons. The van der Waals surface area contributed by atoms with Gasteiger partial charge in [-0.25, -0.2) is 0 Å². The molecule has 18 heavy (non-hydrogen) atoms. The minimum atomic E-state index is 0.262. The van der Waals surface area contributed by atoms with Crippen LogP contribution in [0.1, 0.15) is 46.5 Å². The van der Waals surface area contributed by atoms with Crippen LogP contribution in [0.2, 0.25) is 0 Å². The molecule has 2 aliphatic rings. The monoisotopic (exact) mass is 252 g/mol. The molecule has 1 spiro atoms. The Morgan fingerprint density at radius 1 is 1.11 bits per heavy atom. The normalized spacial score (nSPS) is 23.4. The second-order valence-corrected chi connectivity index (χ2v) is 6.14. The van der Waals surface area contributed by atoms with Crippen molar-refractivity contribution in [3.05, 3.63) is 0 Å². The third-order valence-electron chi connectivity index (χ3n) is 5.06. The fraction of sp³-hybridized carbons (Fsp3) is 0.933. The molecule has 2 fully saturated rings. The van der Waals surface area contributed by atoms with Crippen molar-refractivity contribution in [2.24, 2.45) is 11.3 Å². The van der Waals surface area contributed by atoms with Gasteiger partial charge in [-0.1, -0.05) is 20.8 Å². The Hall–Kier alpha value is -0.570. The SMILES string of the molecule is CCC(CC)C(=O)N1CC2(CCN(CC)CC2)C1. The van der Waals surface area contributed by atoms with Crippen molar-refractivity contribution in [1.82, 2.24) is 9.80 Å². The van der Waals surface area contributed by atoms with E-state index in [0.29, 0.717) is 11.3 Å². The fourth-order valence-electron chi connectivity index (χ4n) is 3.48. The molecule has 0 aromatic rings. The van der Waals surface area contributed by atoms with Gasteiger partial charge in [0.2, 0.25) is 5.91 Å². The summed E-state index contributed by atoms with van der Waals surface area (Å²) in [6.07, 6.45) is 4.55. The molecule has 1 amide bonds. The fourth-order valence-corrected chi connectivity index (χ4v) is 3.48. The average molecular weight is 252 g/mol. The number of piperidine rings is 1. The predicted octanol–water partition coefficient (Wildman–Crippen LogP) is 2.37. The Labute approximate surface area is 112 Å². The number of nitrogens with zero attached hydrogens (tertiary/aromatic N) is 2. The van der Waals surface area contributed by atoms with Crippen molar-refractivity contribution in [1.29, 1.82) is 0 Å². The smallest absolute Gasteiger partial charge is 0.225 e. The van der Waals surface area contributed by atoms with E-state index in [4.69, 9.17) is 0 Å². The zero-order valence-electron chi connectivity index (χ0n) is 12.2. The molecule has 3 heteroatoms. The summed E-state index contributed by atoms with van der Waals surface area (Å²) in [4.78, 5) is 16.9. The van der Waals surface area contributed by atoms with Crippen molar-refractivity contribution < 1.29 is 4.79 Å². The maximum absolute atomic E-state index is 12.2. The topological polar surface area (TPSA) is 23.6 Å². The first-order valence-corrected chi connectivity index (χ1v) is 7.65. The van der Waals surface area contributed by atoms with Gasteiger partial charge in [-0.3, -0.25) is 4.79 Å². The van der Waals surface area contributed by atoms with Crippen LogP contribution in [0.15, 0.2) is 0 Å². The maximum atomic E-state index is 12.2. The van der Waals surface area contributed by atoms with E-state index in [1.165, 1.54) is 32.5 Å². The largest absolute Gasteiger partial charge is 0.341 e. The molecular formula is C15H28N2O. The lowest BCUT2D eigenvalue weighted by atomic mass is 9.71. The molecule has 2 heterocycles. The van der Waals surface area contributed by atoms with Crippen molar-refractivity contribution in [2.45, 2.75) is 46.5 Å². The Morgan fingerprint density at radius 2 is 1.67 bits per heavy atom. The number of rotatable bonds is 4. The Kier molecular flexibility index (Phi) is 4.31. The van der Waals surface area contributed by atoms with Crippen LogP contribution in [0.25, 0.3) is 0 Å². The lowest BCUT2D eigenvalue weighted by Gasteiger charge is -2.54. The van der Waals surface area contributed by atoms with Gasteiger partial charge in [-0.05, 0) is 45.3 Å². The summed E-state index contributed by atoms with van der Waals surface area (Å²) in [6.45, 7) is 12.2. The highest BCUT2D eigenvalue weighted by Crippen LogP contribution is 2.41. The molecule has 2 rings (SSSR count). The average Bonchev–Trinajstić information content (AvgIpc) is 2.37. The zero-order valence-corrected chi connectivity index (χ0v) is 12.2. The second kappa shape index (κ2) is 5.60. The summed E-state index contributed by atoms with van der Waals surface area (Å²) >= 11 is 0. The number of hydrogen-bond acceptors (Lipinski definition) is 2. The van der Waals surface area contributed by atoms with Gasteiger partial charge in [0.25, 0.3) is 0 Å². The highest BCUT2D eigenvalue weighted by Gasteiger charge is 2.46. The van der Waals surface area contributed by atoms with Crippen LogP contribution in [0.5, 0.6) is 0 Å². The van der Waals surface area contributed by atoms with E-state index in [1.807, 2.05) is 0 Å². The molecule has 0 aromatic heterocycles. The van der Waals surface area contributed by atoms with Gasteiger partial charge in [0.05, 0.1) is 0 Å². The highest BCUT2D eigenvalue weighted by molar-refractivity contribution is 5.79. The van der Waals surface area contributed by atoms with E-state index in [0.717, 1.165) is 25.9 Å². The molecule has 2 aliphatic heterocycles. The van der Waals surface area contributed by atoms with Gasteiger partial charge in [-0.2, -0.15) is 0 Å². The number of likely N-dealkylation sites (tertiary alicyclic amines) is 2. The van der Waals surface area contributed by atoms with E-state index >= 15 is 0 Å². The Bertz CT molecular complexity index is 283. The van der Waals surface area contributed by atoms with Crippen LogP contribution in [0.3, 0.4) is 0 Å². The molecule has 0 radical (unpaired) electrons. The van der Waals surface area contributed by atoms with E-state index in [9.17, 15) is 4.79 Å². The zero-order chi connectivity index (χ0) is 13.2. The van der Waals surface area contributed by atoms with Gasteiger partial charge in [0.15, 0.2) is 0 Å². The molecular weight excluding hydrogens is 224 g/mol. The van der Waals surface area contributed by atoms with E-state index in [-0.39, 0.29) is 5.92 Å². The molecule has 0 unspecified atom stereocenters. The van der Waals surface area contributed by atoms with Crippen LogP contribution in [-0.4, -0.2) is 48.4 Å². The number of carbonyl (C=O) groups is 1. The van der Waals surface area contributed by atoms with Gasteiger partial charge in [-0.15, -0.1) is 0 Å². The van der Waals surface area contributed by atoms with Crippen LogP contribution in [0, 0.1) is 11.3 Å². The lowest BCUT2D eigenvalue weighted by Crippen LogP contribution is -2.62. The summed E-state index contributed by atoms with van der Waals surface area (Å²) in [5.74, 6) is 0.668. The third kappa shape index (κ3) is 2.56. The van der Waals surface area contributed by atoms with E-state index in [1.54, 1.807) is 0 Å². The molecule has 3 nitrogen and oxygen atoms in total. The van der Waals surface area contributed by atoms with Crippen molar-refractivity contribution in [2.75, 3.05) is 32.7 Å². The quantitative estimate of drug-likeness (QED) is 0.767. The minimum Gasteiger partial charge on any atom is -0.341 e. The van der Waals surface area contributed by atoms with Crippen LogP contribution < -0.4 is 0 Å². The summed E-state index contributed by atoms with van der Waals surface area (Å²) in [5, 5.41) is 0. The molecule has 0 atom stereocenters. The summed E-state index contributed by atoms with van der Waals surface area (Å²) in [5.41, 5.74) is 0.480. The van der Waals surface area contributed by atoms with Gasteiger partial charge >= 0.3 is 0 Å². The second-order valence-electron chi connectivity index (χ2n) is 6.14. The van der Waals surface area contributed by atoms with Crippen LogP contribution in [-0.2, 0) is 4.79 Å². The summed E-state index contributed by atoms with van der Waals surface area (Å²) < 4.78 is 0. The van der Waals surface area contributed by atoms with Gasteiger partial charge in [0, 0.05) is 24.4 Å². The standard InChI is InChI=1S/C15H28N2O/c1-4-13(5-2)14(18)17-11-15(12-17)7-9-16(6-3)10-8-15/h13H,4-12H2,1-3H3. The molecule has 0 N–H and O–H groups in total. The summed E-state index contributed by atoms with van der Waals surface area (Å²) in [7, 11) is 0. The van der Waals surface area contributed by atoms with Gasteiger partial charge in [0.1, 0.15) is 0 Å². The first kappa shape index (κ1) is 13.9. The number of amides is 1. The first-order chi connectivity index (χ1) is 8.64. The van der Waals surface area contributed by atoms with Crippen molar-refractivity contribution in [3.63, 3.8) is 0 Å². The molecule has 0 bridgehead atoms. The number of hydrogen-bond donors (Lipinski definition) is 0. The molecule has 2 saturated heterocycles. The minimum absolute atomic E-state index is 0.262. The van der Waals surface area contributed by atoms with Crippen LogP contribution in [0.4, 0.5) is 0 Å². The molecule has 0 aliphatic carbocycles. The van der Waals surface area contributed by atoms with E-state index < -0.39 is 0 Å². The Balaban J connectivity index is 1.81.